The molecule has 3 N–H and O–H groups in total. The summed E-state index contributed by atoms with van der Waals surface area (Å²) in [4.78, 5) is 12.0. The van der Waals surface area contributed by atoms with Crippen LogP contribution in [0.2, 0.25) is 0 Å². The molecule has 0 unspecified atom stereocenters. The molecule has 0 aliphatic carbocycles. The highest BCUT2D eigenvalue weighted by Crippen LogP contribution is 2.15. The lowest BCUT2D eigenvalue weighted by atomic mass is 10.0. The summed E-state index contributed by atoms with van der Waals surface area (Å²) in [5.41, 5.74) is 3.15. The maximum atomic E-state index is 13.3. The average molecular weight is 361 g/mol. The maximum Gasteiger partial charge on any atom is 0.275 e. The lowest BCUT2D eigenvalue weighted by Crippen LogP contribution is -2.87. The minimum absolute atomic E-state index is 0.0711. The highest BCUT2D eigenvalue weighted by Gasteiger charge is 2.13. The molecule has 5 heteroatoms. The van der Waals surface area contributed by atoms with Crippen molar-refractivity contribution in [2.45, 2.75) is 39.2 Å². The molecule has 140 valence electrons. The van der Waals surface area contributed by atoms with Gasteiger partial charge in [-0.2, -0.15) is 0 Å². The third kappa shape index (κ3) is 5.92. The van der Waals surface area contributed by atoms with Crippen LogP contribution in [0.3, 0.4) is 0 Å². The minimum atomic E-state index is -0.865. The van der Waals surface area contributed by atoms with Crippen molar-refractivity contribution >= 4 is 5.91 Å². The van der Waals surface area contributed by atoms with Crippen LogP contribution in [0.5, 0.6) is 0 Å². The number of rotatable bonds is 8. The molecule has 0 bridgehead atoms. The van der Waals surface area contributed by atoms with Gasteiger partial charge in [0, 0.05) is 12.1 Å². The first kappa shape index (κ1) is 20.0. The van der Waals surface area contributed by atoms with Gasteiger partial charge < -0.3 is 10.6 Å². The van der Waals surface area contributed by atoms with Crippen LogP contribution >= 0.6 is 0 Å². The Balaban J connectivity index is 1.72. The lowest BCUT2D eigenvalue weighted by molar-refractivity contribution is -0.682. The van der Waals surface area contributed by atoms with E-state index in [9.17, 15) is 13.6 Å². The Labute approximate surface area is 153 Å². The second kappa shape index (κ2) is 9.43. The summed E-state index contributed by atoms with van der Waals surface area (Å²) in [6, 6.07) is 12.1. The molecule has 0 radical (unpaired) electrons. The van der Waals surface area contributed by atoms with Crippen molar-refractivity contribution in [2.75, 3.05) is 13.1 Å². The summed E-state index contributed by atoms with van der Waals surface area (Å²) in [6.45, 7) is 7.00. The van der Waals surface area contributed by atoms with E-state index in [1.54, 1.807) is 5.32 Å². The molecule has 1 amide bonds. The molecule has 0 aromatic heterocycles. The fraction of sp³-hybridized carbons (Fsp3) is 0.381. The van der Waals surface area contributed by atoms with Crippen molar-refractivity contribution < 1.29 is 18.9 Å². The molecule has 0 saturated heterocycles. The molecule has 0 heterocycles. The van der Waals surface area contributed by atoms with Crippen molar-refractivity contribution in [1.82, 2.24) is 5.32 Å². The molecule has 3 nitrogen and oxygen atoms in total. The summed E-state index contributed by atoms with van der Waals surface area (Å²) in [6.07, 6.45) is 0.781. The second-order valence-electron chi connectivity index (χ2n) is 6.90. The zero-order valence-corrected chi connectivity index (χ0v) is 15.6. The number of nitrogens with one attached hydrogen (secondary N) is 1. The van der Waals surface area contributed by atoms with Crippen molar-refractivity contribution in [3.63, 3.8) is 0 Å². The molecule has 2 aromatic carbocycles. The Morgan fingerprint density at radius 3 is 2.27 bits per heavy atom. The van der Waals surface area contributed by atoms with E-state index in [4.69, 9.17) is 0 Å². The van der Waals surface area contributed by atoms with Gasteiger partial charge in [0.25, 0.3) is 5.91 Å². The standard InChI is InChI=1S/C21H26F2N2O/c1-14(2)17-6-4-16(5-7-17)10-11-24-21(26)13-25-15(3)18-8-9-19(22)20(23)12-18/h4-9,12,14-15,25H,10-11,13H2,1-3H3,(H,24,26)/p+1/t15-/m1/s1. The third-order valence-corrected chi connectivity index (χ3v) is 4.51. The first-order valence-electron chi connectivity index (χ1n) is 9.00. The van der Waals surface area contributed by atoms with Crippen LogP contribution in [0.4, 0.5) is 8.78 Å². The predicted octanol–water partition coefficient (Wildman–Crippen LogP) is 3.07. The van der Waals surface area contributed by atoms with Crippen LogP contribution < -0.4 is 10.6 Å². The molecule has 1 atom stereocenters. The highest BCUT2D eigenvalue weighted by atomic mass is 19.2. The molecule has 2 rings (SSSR count). The van der Waals surface area contributed by atoms with Crippen LogP contribution in [0.15, 0.2) is 42.5 Å². The van der Waals surface area contributed by atoms with Crippen LogP contribution in [-0.2, 0) is 11.2 Å². The lowest BCUT2D eigenvalue weighted by Gasteiger charge is -2.12. The zero-order valence-electron chi connectivity index (χ0n) is 15.6. The van der Waals surface area contributed by atoms with Crippen molar-refractivity contribution in [1.29, 1.82) is 0 Å². The van der Waals surface area contributed by atoms with Gasteiger partial charge in [0.1, 0.15) is 6.04 Å². The van der Waals surface area contributed by atoms with Gasteiger partial charge in [-0.05, 0) is 48.6 Å². The number of hydrogen-bond acceptors (Lipinski definition) is 1. The van der Waals surface area contributed by atoms with E-state index in [2.05, 4.69) is 43.4 Å². The number of quaternary nitrogens is 1. The first-order chi connectivity index (χ1) is 12.4. The predicted molar refractivity (Wildman–Crippen MR) is 98.8 cm³/mol. The zero-order chi connectivity index (χ0) is 19.1. The van der Waals surface area contributed by atoms with Gasteiger partial charge in [0.2, 0.25) is 0 Å². The van der Waals surface area contributed by atoms with E-state index >= 15 is 0 Å². The monoisotopic (exact) mass is 361 g/mol. The van der Waals surface area contributed by atoms with Crippen LogP contribution in [0, 0.1) is 11.6 Å². The summed E-state index contributed by atoms with van der Waals surface area (Å²) >= 11 is 0. The Hall–Kier alpha value is -2.27. The van der Waals surface area contributed by atoms with Gasteiger partial charge >= 0.3 is 0 Å². The second-order valence-corrected chi connectivity index (χ2v) is 6.90. The molecule has 2 aromatic rings. The minimum Gasteiger partial charge on any atom is -0.351 e. The normalized spacial score (nSPS) is 12.2. The van der Waals surface area contributed by atoms with E-state index in [1.165, 1.54) is 23.3 Å². The van der Waals surface area contributed by atoms with Crippen LogP contribution in [0.1, 0.15) is 49.4 Å². The fourth-order valence-corrected chi connectivity index (χ4v) is 2.70. The van der Waals surface area contributed by atoms with Gasteiger partial charge in [-0.3, -0.25) is 4.79 Å². The number of carbonyl (C=O) groups excluding carboxylic acids is 1. The Morgan fingerprint density at radius 2 is 1.65 bits per heavy atom. The van der Waals surface area contributed by atoms with E-state index in [1.807, 2.05) is 6.92 Å². The van der Waals surface area contributed by atoms with E-state index in [-0.39, 0.29) is 18.5 Å². The average Bonchev–Trinajstić information content (AvgIpc) is 2.62. The first-order valence-corrected chi connectivity index (χ1v) is 9.00. The molecular formula is C21H27F2N2O+. The summed E-state index contributed by atoms with van der Waals surface area (Å²) in [7, 11) is 0. The highest BCUT2D eigenvalue weighted by molar-refractivity contribution is 5.76. The molecular weight excluding hydrogens is 334 g/mol. The van der Waals surface area contributed by atoms with Crippen molar-refractivity contribution in [3.8, 4) is 0 Å². The molecule has 0 aliphatic rings. The largest absolute Gasteiger partial charge is 0.351 e. The summed E-state index contributed by atoms with van der Waals surface area (Å²) < 4.78 is 26.2. The number of carbonyl (C=O) groups is 1. The fourth-order valence-electron chi connectivity index (χ4n) is 2.70. The van der Waals surface area contributed by atoms with Gasteiger partial charge in [-0.1, -0.05) is 38.1 Å². The number of halogens is 2. The topological polar surface area (TPSA) is 45.7 Å². The van der Waals surface area contributed by atoms with Gasteiger partial charge in [-0.25, -0.2) is 8.78 Å². The number of amides is 1. The summed E-state index contributed by atoms with van der Waals surface area (Å²) in [5.74, 6) is -1.29. The number of hydrogen-bond donors (Lipinski definition) is 2. The quantitative estimate of drug-likeness (QED) is 0.746. The summed E-state index contributed by atoms with van der Waals surface area (Å²) in [5, 5.41) is 4.70. The van der Waals surface area contributed by atoms with E-state index in [0.29, 0.717) is 18.0 Å². The Bertz CT molecular complexity index is 729. The molecule has 0 spiro atoms. The van der Waals surface area contributed by atoms with E-state index in [0.717, 1.165) is 12.5 Å². The Morgan fingerprint density at radius 1 is 1.00 bits per heavy atom. The molecule has 26 heavy (non-hydrogen) atoms. The number of benzene rings is 2. The van der Waals surface area contributed by atoms with Crippen molar-refractivity contribution in [3.05, 3.63) is 70.8 Å². The van der Waals surface area contributed by atoms with E-state index < -0.39 is 11.6 Å². The molecule has 0 fully saturated rings. The third-order valence-electron chi connectivity index (χ3n) is 4.51. The van der Waals surface area contributed by atoms with Gasteiger partial charge in [-0.15, -0.1) is 0 Å². The molecule has 0 saturated carbocycles. The Kier molecular flexibility index (Phi) is 7.27. The van der Waals surface area contributed by atoms with Crippen molar-refractivity contribution in [2.24, 2.45) is 0 Å². The van der Waals surface area contributed by atoms with Crippen LogP contribution in [-0.4, -0.2) is 19.0 Å². The van der Waals surface area contributed by atoms with Gasteiger partial charge in [0.15, 0.2) is 18.2 Å². The van der Waals surface area contributed by atoms with Gasteiger partial charge in [0.05, 0.1) is 0 Å². The van der Waals surface area contributed by atoms with Crippen LogP contribution in [0.25, 0.3) is 0 Å². The molecule has 0 aliphatic heterocycles. The SMILES string of the molecule is CC(C)c1ccc(CCNC(=O)C[NH2+][C@H](C)c2ccc(F)c(F)c2)cc1. The smallest absolute Gasteiger partial charge is 0.275 e. The number of nitrogens with two attached hydrogens (primary N) is 1. The maximum absolute atomic E-state index is 13.3.